The number of hydrogen-bond donors (Lipinski definition) is 2. The second-order valence-electron chi connectivity index (χ2n) is 4.05. The summed E-state index contributed by atoms with van der Waals surface area (Å²) < 4.78 is 0. The predicted octanol–water partition coefficient (Wildman–Crippen LogP) is 2.17. The Balaban J connectivity index is 2.09. The third kappa shape index (κ3) is 3.05. The molecule has 0 atom stereocenters. The van der Waals surface area contributed by atoms with Crippen molar-refractivity contribution >= 4 is 22.4 Å². The monoisotopic (exact) mass is 243 g/mol. The van der Waals surface area contributed by atoms with E-state index in [4.69, 9.17) is 0 Å². The number of hydrogen-bond acceptors (Lipinski definition) is 3. The van der Waals surface area contributed by atoms with E-state index in [1.807, 2.05) is 31.2 Å². The Morgan fingerprint density at radius 1 is 1.33 bits per heavy atom. The summed E-state index contributed by atoms with van der Waals surface area (Å²) in [7, 11) is 0. The van der Waals surface area contributed by atoms with Gasteiger partial charge in [-0.05, 0) is 24.1 Å². The minimum atomic E-state index is 0.0207. The number of nitrogens with zero attached hydrogens (tertiary/aromatic N) is 1. The highest BCUT2D eigenvalue weighted by Gasteiger charge is 2.05. The molecule has 0 saturated carbocycles. The second kappa shape index (κ2) is 6.12. The van der Waals surface area contributed by atoms with Crippen molar-refractivity contribution < 1.29 is 4.79 Å². The lowest BCUT2D eigenvalue weighted by Gasteiger charge is -2.08. The molecule has 1 heterocycles. The summed E-state index contributed by atoms with van der Waals surface area (Å²) in [6.45, 7) is 3.60. The number of rotatable bonds is 5. The number of fused-ring (bicyclic) bond motifs is 1. The molecular formula is C14H17N3O. The van der Waals surface area contributed by atoms with Gasteiger partial charge in [-0.2, -0.15) is 0 Å². The Bertz CT molecular complexity index is 534. The lowest BCUT2D eigenvalue weighted by molar-refractivity contribution is -0.116. The first-order valence-corrected chi connectivity index (χ1v) is 6.14. The standard InChI is InChI=1S/C14H17N3O/c1-2-15-9-7-14(18)17-13-5-3-4-11-6-8-16-10-12(11)13/h3-6,8,10,15H,2,7,9H2,1H3,(H,17,18). The summed E-state index contributed by atoms with van der Waals surface area (Å²) in [5, 5.41) is 8.10. The van der Waals surface area contributed by atoms with Crippen LogP contribution in [0.3, 0.4) is 0 Å². The van der Waals surface area contributed by atoms with Gasteiger partial charge in [0.25, 0.3) is 0 Å². The summed E-state index contributed by atoms with van der Waals surface area (Å²) in [5.74, 6) is 0.0207. The number of benzene rings is 1. The number of aromatic nitrogens is 1. The maximum Gasteiger partial charge on any atom is 0.225 e. The fourth-order valence-corrected chi connectivity index (χ4v) is 1.81. The molecule has 0 aliphatic carbocycles. The molecule has 0 aliphatic rings. The maximum atomic E-state index is 11.8. The van der Waals surface area contributed by atoms with Crippen molar-refractivity contribution in [2.24, 2.45) is 0 Å². The summed E-state index contributed by atoms with van der Waals surface area (Å²) in [4.78, 5) is 15.9. The molecule has 2 aromatic rings. The van der Waals surface area contributed by atoms with Gasteiger partial charge in [-0.15, -0.1) is 0 Å². The van der Waals surface area contributed by atoms with E-state index in [1.165, 1.54) is 0 Å². The van der Waals surface area contributed by atoms with Crippen LogP contribution >= 0.6 is 0 Å². The smallest absolute Gasteiger partial charge is 0.225 e. The van der Waals surface area contributed by atoms with E-state index in [0.29, 0.717) is 13.0 Å². The van der Waals surface area contributed by atoms with Crippen molar-refractivity contribution in [1.29, 1.82) is 0 Å². The van der Waals surface area contributed by atoms with E-state index < -0.39 is 0 Å². The van der Waals surface area contributed by atoms with Crippen LogP contribution in [0.2, 0.25) is 0 Å². The largest absolute Gasteiger partial charge is 0.325 e. The molecule has 0 unspecified atom stereocenters. The highest BCUT2D eigenvalue weighted by Crippen LogP contribution is 2.21. The molecule has 0 radical (unpaired) electrons. The van der Waals surface area contributed by atoms with Crippen LogP contribution < -0.4 is 10.6 Å². The molecule has 0 fully saturated rings. The molecule has 1 aromatic carbocycles. The van der Waals surface area contributed by atoms with E-state index >= 15 is 0 Å². The van der Waals surface area contributed by atoms with Crippen LogP contribution in [0, 0.1) is 0 Å². The van der Waals surface area contributed by atoms with Gasteiger partial charge in [0, 0.05) is 30.7 Å². The highest BCUT2D eigenvalue weighted by molar-refractivity contribution is 6.01. The predicted molar refractivity (Wildman–Crippen MR) is 73.5 cm³/mol. The van der Waals surface area contributed by atoms with E-state index in [1.54, 1.807) is 12.4 Å². The Morgan fingerprint density at radius 2 is 2.22 bits per heavy atom. The van der Waals surface area contributed by atoms with Crippen molar-refractivity contribution in [2.45, 2.75) is 13.3 Å². The van der Waals surface area contributed by atoms with Gasteiger partial charge in [-0.1, -0.05) is 19.1 Å². The molecule has 94 valence electrons. The quantitative estimate of drug-likeness (QED) is 0.791. The maximum absolute atomic E-state index is 11.8. The van der Waals surface area contributed by atoms with Crippen LogP contribution in [0.25, 0.3) is 10.8 Å². The zero-order valence-corrected chi connectivity index (χ0v) is 10.4. The van der Waals surface area contributed by atoms with Crippen molar-refractivity contribution in [3.8, 4) is 0 Å². The molecule has 1 aromatic heterocycles. The van der Waals surface area contributed by atoms with E-state index in [-0.39, 0.29) is 5.91 Å². The van der Waals surface area contributed by atoms with Crippen LogP contribution in [-0.2, 0) is 4.79 Å². The molecule has 2 rings (SSSR count). The van der Waals surface area contributed by atoms with Gasteiger partial charge in [0.05, 0.1) is 5.69 Å². The molecule has 1 amide bonds. The van der Waals surface area contributed by atoms with Crippen LogP contribution in [-0.4, -0.2) is 24.0 Å². The number of amides is 1. The third-order valence-electron chi connectivity index (χ3n) is 2.74. The number of pyridine rings is 1. The molecule has 2 N–H and O–H groups in total. The molecule has 18 heavy (non-hydrogen) atoms. The fraction of sp³-hybridized carbons (Fsp3) is 0.286. The number of anilines is 1. The number of nitrogens with one attached hydrogen (secondary N) is 2. The van der Waals surface area contributed by atoms with Crippen molar-refractivity contribution in [3.63, 3.8) is 0 Å². The first kappa shape index (κ1) is 12.5. The first-order chi connectivity index (χ1) is 8.81. The molecule has 4 heteroatoms. The second-order valence-corrected chi connectivity index (χ2v) is 4.05. The Morgan fingerprint density at radius 3 is 3.06 bits per heavy atom. The summed E-state index contributed by atoms with van der Waals surface area (Å²) in [5.41, 5.74) is 0.821. The Labute approximate surface area is 106 Å². The van der Waals surface area contributed by atoms with Gasteiger partial charge in [0.2, 0.25) is 5.91 Å². The highest BCUT2D eigenvalue weighted by atomic mass is 16.1. The molecule has 0 aliphatic heterocycles. The minimum absolute atomic E-state index is 0.0207. The topological polar surface area (TPSA) is 54.0 Å². The molecule has 0 bridgehead atoms. The lowest BCUT2D eigenvalue weighted by atomic mass is 10.1. The average Bonchev–Trinajstić information content (AvgIpc) is 2.39. The molecule has 0 saturated heterocycles. The van der Waals surface area contributed by atoms with Gasteiger partial charge in [-0.25, -0.2) is 0 Å². The van der Waals surface area contributed by atoms with Crippen LogP contribution in [0.1, 0.15) is 13.3 Å². The van der Waals surface area contributed by atoms with Gasteiger partial charge in [0.1, 0.15) is 0 Å². The minimum Gasteiger partial charge on any atom is -0.325 e. The summed E-state index contributed by atoms with van der Waals surface area (Å²) >= 11 is 0. The summed E-state index contributed by atoms with van der Waals surface area (Å²) in [6.07, 6.45) is 4.00. The van der Waals surface area contributed by atoms with Crippen molar-refractivity contribution in [3.05, 3.63) is 36.7 Å². The SMILES string of the molecule is CCNCCC(=O)Nc1cccc2ccncc12. The number of carbonyl (C=O) groups excluding carboxylic acids is 1. The van der Waals surface area contributed by atoms with E-state index in [2.05, 4.69) is 15.6 Å². The van der Waals surface area contributed by atoms with Gasteiger partial charge in [0.15, 0.2) is 0 Å². The Kier molecular flexibility index (Phi) is 4.25. The zero-order valence-electron chi connectivity index (χ0n) is 10.4. The molecule has 0 spiro atoms. The lowest BCUT2D eigenvalue weighted by Crippen LogP contribution is -2.21. The summed E-state index contributed by atoms with van der Waals surface area (Å²) in [6, 6.07) is 7.77. The number of carbonyl (C=O) groups is 1. The van der Waals surface area contributed by atoms with Crippen molar-refractivity contribution in [2.75, 3.05) is 18.4 Å². The van der Waals surface area contributed by atoms with E-state index in [0.717, 1.165) is 23.0 Å². The Hall–Kier alpha value is -1.94. The van der Waals surface area contributed by atoms with Gasteiger partial charge in [-0.3, -0.25) is 9.78 Å². The van der Waals surface area contributed by atoms with Gasteiger partial charge >= 0.3 is 0 Å². The zero-order chi connectivity index (χ0) is 12.8. The van der Waals surface area contributed by atoms with Crippen LogP contribution in [0.15, 0.2) is 36.7 Å². The van der Waals surface area contributed by atoms with Crippen molar-refractivity contribution in [1.82, 2.24) is 10.3 Å². The normalized spacial score (nSPS) is 10.5. The average molecular weight is 243 g/mol. The molecular weight excluding hydrogens is 226 g/mol. The first-order valence-electron chi connectivity index (χ1n) is 6.14. The van der Waals surface area contributed by atoms with Gasteiger partial charge < -0.3 is 10.6 Å². The van der Waals surface area contributed by atoms with Crippen LogP contribution in [0.5, 0.6) is 0 Å². The molecule has 4 nitrogen and oxygen atoms in total. The fourth-order valence-electron chi connectivity index (χ4n) is 1.81. The van der Waals surface area contributed by atoms with Crippen LogP contribution in [0.4, 0.5) is 5.69 Å². The third-order valence-corrected chi connectivity index (χ3v) is 2.74. The van der Waals surface area contributed by atoms with E-state index in [9.17, 15) is 4.79 Å².